The van der Waals surface area contributed by atoms with Gasteiger partial charge in [0.15, 0.2) is 5.17 Å². The van der Waals surface area contributed by atoms with Gasteiger partial charge in [-0.1, -0.05) is 38.1 Å². The summed E-state index contributed by atoms with van der Waals surface area (Å²) in [4.78, 5) is 30.0. The van der Waals surface area contributed by atoms with Gasteiger partial charge in [-0.25, -0.2) is 9.79 Å². The molecule has 1 aliphatic heterocycles. The number of carbonyl (C=O) groups is 2. The molecular weight excluding hydrogens is 360 g/mol. The molecule has 0 aliphatic carbocycles. The first-order chi connectivity index (χ1) is 12.8. The van der Waals surface area contributed by atoms with Gasteiger partial charge in [0.25, 0.3) is 5.91 Å². The highest BCUT2D eigenvalue weighted by atomic mass is 32.2. The van der Waals surface area contributed by atoms with Crippen molar-refractivity contribution < 1.29 is 14.7 Å². The molecule has 0 saturated carbocycles. The summed E-state index contributed by atoms with van der Waals surface area (Å²) in [5, 5.41) is 9.52. The number of nitrogens with zero attached hydrogens (tertiary/aromatic N) is 2. The number of carboxylic acid groups (broad SMARTS) is 1. The van der Waals surface area contributed by atoms with E-state index in [1.807, 2.05) is 18.2 Å². The predicted octanol–water partition coefficient (Wildman–Crippen LogP) is 4.74. The van der Waals surface area contributed by atoms with E-state index in [-0.39, 0.29) is 11.5 Å². The van der Waals surface area contributed by atoms with E-state index in [2.05, 4.69) is 31.0 Å². The van der Waals surface area contributed by atoms with Crippen LogP contribution in [0.4, 0.5) is 5.69 Å². The van der Waals surface area contributed by atoms with Crippen LogP contribution in [-0.4, -0.2) is 34.1 Å². The topological polar surface area (TPSA) is 70.0 Å². The van der Waals surface area contributed by atoms with Crippen LogP contribution < -0.4 is 0 Å². The van der Waals surface area contributed by atoms with Gasteiger partial charge in [0.2, 0.25) is 0 Å². The quantitative estimate of drug-likeness (QED) is 0.778. The summed E-state index contributed by atoms with van der Waals surface area (Å²) >= 11 is 1.31. The number of amides is 1. The smallest absolute Gasteiger partial charge is 0.335 e. The van der Waals surface area contributed by atoms with Crippen molar-refractivity contribution >= 4 is 40.6 Å². The monoisotopic (exact) mass is 380 g/mol. The molecule has 0 aromatic heterocycles. The molecule has 1 heterocycles. The van der Waals surface area contributed by atoms with E-state index >= 15 is 0 Å². The highest BCUT2D eigenvalue weighted by Gasteiger charge is 2.30. The Morgan fingerprint density at radius 1 is 1.11 bits per heavy atom. The number of amidine groups is 1. The van der Waals surface area contributed by atoms with Crippen LogP contribution in [0.15, 0.2) is 58.4 Å². The Balaban J connectivity index is 1.82. The summed E-state index contributed by atoms with van der Waals surface area (Å²) in [6.07, 6.45) is 1.86. The van der Waals surface area contributed by atoms with Gasteiger partial charge in [-0.2, -0.15) is 0 Å². The van der Waals surface area contributed by atoms with Gasteiger partial charge in [-0.05, 0) is 59.1 Å². The minimum Gasteiger partial charge on any atom is -0.478 e. The third-order valence-corrected chi connectivity index (χ3v) is 5.30. The van der Waals surface area contributed by atoms with Crippen molar-refractivity contribution in [3.63, 3.8) is 0 Å². The van der Waals surface area contributed by atoms with Gasteiger partial charge < -0.3 is 5.11 Å². The Hall–Kier alpha value is -2.86. The molecule has 6 heteroatoms. The molecule has 5 nitrogen and oxygen atoms in total. The van der Waals surface area contributed by atoms with Gasteiger partial charge in [-0.15, -0.1) is 0 Å². The molecule has 2 aromatic carbocycles. The summed E-state index contributed by atoms with van der Waals surface area (Å²) < 4.78 is 0. The fourth-order valence-corrected chi connectivity index (χ4v) is 3.56. The summed E-state index contributed by atoms with van der Waals surface area (Å²) in [6, 6.07) is 14.4. The number of benzene rings is 2. The molecule has 0 spiro atoms. The van der Waals surface area contributed by atoms with Crippen molar-refractivity contribution in [1.82, 2.24) is 4.90 Å². The maximum absolute atomic E-state index is 12.5. The third kappa shape index (κ3) is 4.28. The van der Waals surface area contributed by atoms with Crippen molar-refractivity contribution in [2.75, 3.05) is 7.05 Å². The number of aliphatic imine (C=N–C) groups is 1. The van der Waals surface area contributed by atoms with E-state index in [1.165, 1.54) is 34.4 Å². The van der Waals surface area contributed by atoms with Crippen LogP contribution in [0.1, 0.15) is 41.3 Å². The summed E-state index contributed by atoms with van der Waals surface area (Å²) in [5.41, 5.74) is 3.03. The molecule has 138 valence electrons. The number of aromatic carboxylic acids is 1. The lowest BCUT2D eigenvalue weighted by molar-refractivity contribution is -0.121. The first kappa shape index (κ1) is 18.9. The molecule has 0 bridgehead atoms. The number of thioether (sulfide) groups is 1. The fourth-order valence-electron chi connectivity index (χ4n) is 2.57. The zero-order valence-electron chi connectivity index (χ0n) is 15.3. The molecule has 0 atom stereocenters. The van der Waals surface area contributed by atoms with Crippen molar-refractivity contribution in [3.05, 3.63) is 70.1 Å². The van der Waals surface area contributed by atoms with Crippen LogP contribution in [0.5, 0.6) is 0 Å². The van der Waals surface area contributed by atoms with E-state index < -0.39 is 5.97 Å². The minimum absolute atomic E-state index is 0.103. The van der Waals surface area contributed by atoms with E-state index in [0.717, 1.165) is 5.56 Å². The second kappa shape index (κ2) is 7.80. The molecule has 1 aliphatic rings. The SMILES string of the molecule is CC(C)c1ccc(/C=C2\SC(=Nc3ccc(C(=O)O)cc3)N(C)C2=O)cc1. The van der Waals surface area contributed by atoms with Crippen LogP contribution >= 0.6 is 11.8 Å². The molecule has 27 heavy (non-hydrogen) atoms. The normalized spacial score (nSPS) is 17.3. The van der Waals surface area contributed by atoms with E-state index in [0.29, 0.717) is 21.7 Å². The lowest BCUT2D eigenvalue weighted by Crippen LogP contribution is -2.23. The average Bonchev–Trinajstić information content (AvgIpc) is 2.90. The summed E-state index contributed by atoms with van der Waals surface area (Å²) in [7, 11) is 1.68. The van der Waals surface area contributed by atoms with Crippen LogP contribution in [0.3, 0.4) is 0 Å². The van der Waals surface area contributed by atoms with Crippen molar-refractivity contribution in [3.8, 4) is 0 Å². The number of likely N-dealkylation sites (N-methyl/N-ethyl adjacent to an activating group) is 1. The first-order valence-electron chi connectivity index (χ1n) is 8.55. The van der Waals surface area contributed by atoms with Crippen LogP contribution in [0.2, 0.25) is 0 Å². The molecule has 1 saturated heterocycles. The number of rotatable bonds is 4. The Morgan fingerprint density at radius 2 is 1.74 bits per heavy atom. The summed E-state index contributed by atoms with van der Waals surface area (Å²) in [6.45, 7) is 4.29. The summed E-state index contributed by atoms with van der Waals surface area (Å²) in [5.74, 6) is -0.620. The van der Waals surface area contributed by atoms with Gasteiger partial charge in [-0.3, -0.25) is 9.69 Å². The Morgan fingerprint density at radius 3 is 2.30 bits per heavy atom. The maximum Gasteiger partial charge on any atom is 0.335 e. The Labute approximate surface area is 162 Å². The van der Waals surface area contributed by atoms with Gasteiger partial charge in [0, 0.05) is 7.05 Å². The second-order valence-electron chi connectivity index (χ2n) is 6.54. The first-order valence-corrected chi connectivity index (χ1v) is 9.36. The van der Waals surface area contributed by atoms with Gasteiger partial charge in [0.05, 0.1) is 16.2 Å². The minimum atomic E-state index is -0.981. The van der Waals surface area contributed by atoms with E-state index in [1.54, 1.807) is 19.2 Å². The molecular formula is C21H20N2O3S. The average molecular weight is 380 g/mol. The molecule has 0 radical (unpaired) electrons. The molecule has 1 fully saturated rings. The Kier molecular flexibility index (Phi) is 5.46. The number of hydrogen-bond donors (Lipinski definition) is 1. The van der Waals surface area contributed by atoms with Crippen molar-refractivity contribution in [2.24, 2.45) is 4.99 Å². The van der Waals surface area contributed by atoms with Crippen molar-refractivity contribution in [2.45, 2.75) is 19.8 Å². The highest BCUT2D eigenvalue weighted by Crippen LogP contribution is 2.33. The third-order valence-electron chi connectivity index (χ3n) is 4.24. The molecule has 1 N–H and O–H groups in total. The predicted molar refractivity (Wildman–Crippen MR) is 109 cm³/mol. The van der Waals surface area contributed by atoms with Crippen LogP contribution in [0, 0.1) is 0 Å². The fraction of sp³-hybridized carbons (Fsp3) is 0.190. The largest absolute Gasteiger partial charge is 0.478 e. The highest BCUT2D eigenvalue weighted by molar-refractivity contribution is 8.18. The zero-order valence-corrected chi connectivity index (χ0v) is 16.2. The van der Waals surface area contributed by atoms with Crippen LogP contribution in [-0.2, 0) is 4.79 Å². The molecule has 0 unspecified atom stereocenters. The molecule has 2 aromatic rings. The maximum atomic E-state index is 12.5. The number of carboxylic acids is 1. The second-order valence-corrected chi connectivity index (χ2v) is 7.55. The number of hydrogen-bond acceptors (Lipinski definition) is 4. The van der Waals surface area contributed by atoms with Crippen molar-refractivity contribution in [1.29, 1.82) is 0 Å². The van der Waals surface area contributed by atoms with Crippen LogP contribution in [0.25, 0.3) is 6.08 Å². The van der Waals surface area contributed by atoms with Gasteiger partial charge in [0.1, 0.15) is 0 Å². The van der Waals surface area contributed by atoms with E-state index in [9.17, 15) is 9.59 Å². The molecule has 1 amide bonds. The molecule has 3 rings (SSSR count). The van der Waals surface area contributed by atoms with Gasteiger partial charge >= 0.3 is 5.97 Å². The zero-order chi connectivity index (χ0) is 19.6. The standard InChI is InChI=1S/C21H20N2O3S/c1-13(2)15-6-4-14(5-7-15)12-18-19(24)23(3)21(27-18)22-17-10-8-16(9-11-17)20(25)26/h4-13H,1-3H3,(H,25,26)/b18-12-,22-21?. The lowest BCUT2D eigenvalue weighted by atomic mass is 10.0. The van der Waals surface area contributed by atoms with E-state index in [4.69, 9.17) is 5.11 Å². The Bertz CT molecular complexity index is 929. The number of carbonyl (C=O) groups excluding carboxylic acids is 1. The lowest BCUT2D eigenvalue weighted by Gasteiger charge is -2.07.